The van der Waals surface area contributed by atoms with Crippen molar-refractivity contribution in [3.63, 3.8) is 0 Å². The van der Waals surface area contributed by atoms with Crippen LogP contribution in [0, 0.1) is 19.3 Å². The fourth-order valence-corrected chi connectivity index (χ4v) is 1.48. The van der Waals surface area contributed by atoms with E-state index in [-0.39, 0.29) is 11.9 Å². The zero-order valence-electron chi connectivity index (χ0n) is 9.25. The topological polar surface area (TPSA) is 42.0 Å². The van der Waals surface area contributed by atoms with Crippen LogP contribution in [0.1, 0.15) is 29.4 Å². The van der Waals surface area contributed by atoms with E-state index in [2.05, 4.69) is 16.2 Å². The van der Waals surface area contributed by atoms with Gasteiger partial charge >= 0.3 is 0 Å². The first-order valence-electron chi connectivity index (χ1n) is 4.97. The second kappa shape index (κ2) is 5.53. The molecule has 1 N–H and O–H groups in total. The van der Waals surface area contributed by atoms with Crippen LogP contribution < -0.4 is 5.32 Å². The number of hydrogen-bond donors (Lipinski definition) is 1. The third-order valence-corrected chi connectivity index (χ3v) is 2.46. The number of aromatic nitrogens is 1. The van der Waals surface area contributed by atoms with Crippen LogP contribution in [0.15, 0.2) is 12.3 Å². The summed E-state index contributed by atoms with van der Waals surface area (Å²) >= 11 is 5.94. The molecule has 1 aromatic rings. The van der Waals surface area contributed by atoms with Crippen LogP contribution in [-0.4, -0.2) is 16.9 Å². The molecule has 0 saturated carbocycles. The van der Waals surface area contributed by atoms with Crippen LogP contribution in [0.5, 0.6) is 0 Å². The average molecular weight is 237 g/mol. The highest BCUT2D eigenvalue weighted by atomic mass is 35.5. The molecular formula is C12H13ClN2O. The Balaban J connectivity index is 2.85. The van der Waals surface area contributed by atoms with Gasteiger partial charge in [-0.3, -0.25) is 9.78 Å². The minimum atomic E-state index is -0.290. The second-order valence-corrected chi connectivity index (χ2v) is 3.81. The Kier molecular flexibility index (Phi) is 4.33. The maximum Gasteiger partial charge on any atom is 0.255 e. The summed E-state index contributed by atoms with van der Waals surface area (Å²) in [5, 5.41) is 3.08. The van der Waals surface area contributed by atoms with Crippen LogP contribution in [-0.2, 0) is 0 Å². The first kappa shape index (κ1) is 12.5. The summed E-state index contributed by atoms with van der Waals surface area (Å²) in [5.41, 5.74) is 1.12. The minimum Gasteiger partial charge on any atom is -0.338 e. The average Bonchev–Trinajstić information content (AvgIpc) is 2.25. The van der Waals surface area contributed by atoms with Crippen molar-refractivity contribution in [2.75, 3.05) is 0 Å². The van der Waals surface area contributed by atoms with Gasteiger partial charge in [0.1, 0.15) is 0 Å². The summed E-state index contributed by atoms with van der Waals surface area (Å²) in [4.78, 5) is 15.8. The van der Waals surface area contributed by atoms with Crippen molar-refractivity contribution in [3.05, 3.63) is 28.5 Å². The lowest BCUT2D eigenvalue weighted by atomic mass is 10.2. The molecule has 1 atom stereocenters. The Bertz CT molecular complexity index is 437. The number of amides is 1. The molecule has 0 spiro atoms. The number of hydrogen-bond acceptors (Lipinski definition) is 2. The van der Waals surface area contributed by atoms with E-state index in [9.17, 15) is 4.79 Å². The van der Waals surface area contributed by atoms with Crippen molar-refractivity contribution < 1.29 is 4.79 Å². The number of nitrogens with zero attached hydrogens (tertiary/aromatic N) is 1. The van der Waals surface area contributed by atoms with Crippen LogP contribution in [0.25, 0.3) is 0 Å². The van der Waals surface area contributed by atoms with Crippen molar-refractivity contribution in [2.45, 2.75) is 26.3 Å². The Hall–Kier alpha value is -1.53. The van der Waals surface area contributed by atoms with E-state index in [1.165, 1.54) is 6.20 Å². The highest BCUT2D eigenvalue weighted by molar-refractivity contribution is 6.33. The summed E-state index contributed by atoms with van der Waals surface area (Å²) < 4.78 is 0. The third-order valence-electron chi connectivity index (χ3n) is 2.15. The fraction of sp³-hybridized carbons (Fsp3) is 0.333. The lowest BCUT2D eigenvalue weighted by Crippen LogP contribution is -2.33. The molecule has 1 heterocycles. The molecule has 16 heavy (non-hydrogen) atoms. The first-order chi connectivity index (χ1) is 7.58. The first-order valence-corrected chi connectivity index (χ1v) is 5.35. The van der Waals surface area contributed by atoms with E-state index in [0.29, 0.717) is 17.0 Å². The summed E-state index contributed by atoms with van der Waals surface area (Å²) in [5.74, 6) is 2.20. The van der Waals surface area contributed by atoms with Gasteiger partial charge in [0.25, 0.3) is 5.91 Å². The molecule has 0 fully saturated rings. The second-order valence-electron chi connectivity index (χ2n) is 3.41. The van der Waals surface area contributed by atoms with Crippen LogP contribution in [0.3, 0.4) is 0 Å². The lowest BCUT2D eigenvalue weighted by Gasteiger charge is -2.11. The minimum absolute atomic E-state index is 0.273. The van der Waals surface area contributed by atoms with Gasteiger partial charge in [0.2, 0.25) is 0 Å². The number of carbonyl (C=O) groups is 1. The molecule has 1 unspecified atom stereocenters. The van der Waals surface area contributed by atoms with E-state index >= 15 is 0 Å². The molecule has 1 aromatic heterocycles. The largest absolute Gasteiger partial charge is 0.338 e. The fourth-order valence-electron chi connectivity index (χ4n) is 1.19. The van der Waals surface area contributed by atoms with Gasteiger partial charge in [-0.1, -0.05) is 24.4 Å². The number of aryl methyl sites for hydroxylation is 1. The Morgan fingerprint density at radius 3 is 2.94 bits per heavy atom. The maximum absolute atomic E-state index is 11.8. The van der Waals surface area contributed by atoms with E-state index in [0.717, 1.165) is 5.69 Å². The number of nitrogens with one attached hydrogen (secondary N) is 1. The predicted molar refractivity (Wildman–Crippen MR) is 64.4 cm³/mol. The zero-order valence-corrected chi connectivity index (χ0v) is 10.0. The molecule has 0 aliphatic carbocycles. The molecule has 4 heteroatoms. The Labute approximate surface area is 100 Å². The standard InChI is InChI=1S/C12H13ClN2O/c1-4-9(5-2)15-12(16)10-7-14-8(3)6-11(10)13/h1,6-7,9H,5H2,2-3H3,(H,15,16). The Morgan fingerprint density at radius 1 is 1.75 bits per heavy atom. The molecule has 0 aromatic carbocycles. The van der Waals surface area contributed by atoms with Gasteiger partial charge in [-0.05, 0) is 19.4 Å². The SMILES string of the molecule is C#CC(CC)NC(=O)c1cnc(C)cc1Cl. The molecule has 0 aliphatic rings. The number of halogens is 1. The zero-order chi connectivity index (χ0) is 12.1. The highest BCUT2D eigenvalue weighted by Gasteiger charge is 2.13. The molecule has 1 amide bonds. The van der Waals surface area contributed by atoms with Crippen molar-refractivity contribution in [1.29, 1.82) is 0 Å². The maximum atomic E-state index is 11.8. The smallest absolute Gasteiger partial charge is 0.255 e. The van der Waals surface area contributed by atoms with Crippen LogP contribution in [0.4, 0.5) is 0 Å². The highest BCUT2D eigenvalue weighted by Crippen LogP contribution is 2.15. The lowest BCUT2D eigenvalue weighted by molar-refractivity contribution is 0.0945. The van der Waals surface area contributed by atoms with Crippen LogP contribution >= 0.6 is 11.6 Å². The van der Waals surface area contributed by atoms with E-state index in [1.807, 2.05) is 13.8 Å². The van der Waals surface area contributed by atoms with Gasteiger partial charge in [-0.25, -0.2) is 0 Å². The molecule has 3 nitrogen and oxygen atoms in total. The summed E-state index contributed by atoms with van der Waals surface area (Å²) in [6.45, 7) is 3.71. The van der Waals surface area contributed by atoms with Gasteiger partial charge in [-0.15, -0.1) is 6.42 Å². The monoisotopic (exact) mass is 236 g/mol. The summed E-state index contributed by atoms with van der Waals surface area (Å²) in [7, 11) is 0. The van der Waals surface area contributed by atoms with Gasteiger partial charge in [-0.2, -0.15) is 0 Å². The van der Waals surface area contributed by atoms with E-state index in [4.69, 9.17) is 18.0 Å². The summed E-state index contributed by atoms with van der Waals surface area (Å²) in [6, 6.07) is 1.37. The van der Waals surface area contributed by atoms with Gasteiger partial charge < -0.3 is 5.32 Å². The van der Waals surface area contributed by atoms with Gasteiger partial charge in [0.05, 0.1) is 16.6 Å². The van der Waals surface area contributed by atoms with Crippen molar-refractivity contribution >= 4 is 17.5 Å². The predicted octanol–water partition coefficient (Wildman–Crippen LogP) is 2.19. The van der Waals surface area contributed by atoms with Crippen LogP contribution in [0.2, 0.25) is 5.02 Å². The van der Waals surface area contributed by atoms with Crippen molar-refractivity contribution in [2.24, 2.45) is 0 Å². The normalized spacial score (nSPS) is 11.6. The summed E-state index contributed by atoms with van der Waals surface area (Å²) in [6.07, 6.45) is 7.39. The third kappa shape index (κ3) is 2.98. The number of pyridine rings is 1. The quantitative estimate of drug-likeness (QED) is 0.818. The molecule has 0 radical (unpaired) electrons. The molecular weight excluding hydrogens is 224 g/mol. The van der Waals surface area contributed by atoms with Crippen molar-refractivity contribution in [3.8, 4) is 12.3 Å². The molecule has 0 bridgehead atoms. The van der Waals surface area contributed by atoms with Crippen molar-refractivity contribution in [1.82, 2.24) is 10.3 Å². The van der Waals surface area contributed by atoms with Gasteiger partial charge in [0.15, 0.2) is 0 Å². The molecule has 0 saturated heterocycles. The molecule has 0 aliphatic heterocycles. The van der Waals surface area contributed by atoms with E-state index in [1.54, 1.807) is 6.07 Å². The molecule has 1 rings (SSSR count). The number of rotatable bonds is 3. The number of carbonyl (C=O) groups excluding carboxylic acids is 1. The number of terminal acetylenes is 1. The molecule has 84 valence electrons. The van der Waals surface area contributed by atoms with E-state index < -0.39 is 0 Å². The van der Waals surface area contributed by atoms with Gasteiger partial charge in [0, 0.05) is 11.9 Å². The Morgan fingerprint density at radius 2 is 2.44 bits per heavy atom.